The highest BCUT2D eigenvalue weighted by molar-refractivity contribution is 7.99. The maximum Gasteiger partial charge on any atom is 0.277 e. The van der Waals surface area contributed by atoms with Crippen molar-refractivity contribution in [1.29, 1.82) is 0 Å². The van der Waals surface area contributed by atoms with Crippen LogP contribution in [0.2, 0.25) is 0 Å². The van der Waals surface area contributed by atoms with E-state index in [1.807, 2.05) is 17.0 Å². The fraction of sp³-hybridized carbons (Fsp3) is 0.500. The first-order chi connectivity index (χ1) is 11.1. The summed E-state index contributed by atoms with van der Waals surface area (Å²) in [7, 11) is 0. The van der Waals surface area contributed by atoms with Crippen molar-refractivity contribution >= 4 is 17.7 Å². The van der Waals surface area contributed by atoms with Gasteiger partial charge in [-0.2, -0.15) is 0 Å². The summed E-state index contributed by atoms with van der Waals surface area (Å²) < 4.78 is 5.58. The Morgan fingerprint density at radius 3 is 2.83 bits per heavy atom. The van der Waals surface area contributed by atoms with Crippen molar-refractivity contribution in [1.82, 2.24) is 20.1 Å². The number of aromatic nitrogens is 3. The number of piperidine rings is 1. The van der Waals surface area contributed by atoms with Gasteiger partial charge in [0, 0.05) is 25.5 Å². The van der Waals surface area contributed by atoms with Crippen LogP contribution in [0.4, 0.5) is 0 Å². The van der Waals surface area contributed by atoms with Gasteiger partial charge in [-0.3, -0.25) is 9.78 Å². The van der Waals surface area contributed by atoms with Gasteiger partial charge in [-0.05, 0) is 30.4 Å². The Morgan fingerprint density at radius 1 is 1.35 bits per heavy atom. The quantitative estimate of drug-likeness (QED) is 0.802. The standard InChI is InChI=1S/C16H20N4O2S/c1-11-6-12(2)9-20(8-11)14(21)10-23-16-19-18-15(22-16)13-4-3-5-17-7-13/h3-5,7,11-12H,6,8-10H2,1-2H3/t11-,12+. The Bertz CT molecular complexity index is 651. The number of amides is 1. The molecule has 0 saturated carbocycles. The number of hydrogen-bond donors (Lipinski definition) is 0. The van der Waals surface area contributed by atoms with Gasteiger partial charge in [-0.25, -0.2) is 0 Å². The van der Waals surface area contributed by atoms with Gasteiger partial charge in [0.25, 0.3) is 5.22 Å². The number of pyridine rings is 1. The summed E-state index contributed by atoms with van der Waals surface area (Å²) in [6.45, 7) is 6.07. The molecule has 2 aromatic rings. The molecular weight excluding hydrogens is 312 g/mol. The number of carbonyl (C=O) groups is 1. The molecule has 6 nitrogen and oxygen atoms in total. The average Bonchev–Trinajstić information content (AvgIpc) is 3.01. The lowest BCUT2D eigenvalue weighted by Crippen LogP contribution is -2.43. The van der Waals surface area contributed by atoms with Crippen LogP contribution in [0, 0.1) is 11.8 Å². The number of hydrogen-bond acceptors (Lipinski definition) is 6. The SMILES string of the molecule is C[C@@H]1C[C@H](C)CN(C(=O)CSc2nnc(-c3cccnc3)o2)C1. The average molecular weight is 332 g/mol. The van der Waals surface area contributed by atoms with Crippen LogP contribution in [-0.4, -0.2) is 44.8 Å². The Kier molecular flexibility index (Phi) is 4.95. The minimum atomic E-state index is 0.134. The molecule has 0 N–H and O–H groups in total. The maximum atomic E-state index is 12.3. The number of nitrogens with zero attached hydrogens (tertiary/aromatic N) is 4. The van der Waals surface area contributed by atoms with E-state index in [9.17, 15) is 4.79 Å². The molecule has 3 rings (SSSR count). The molecule has 23 heavy (non-hydrogen) atoms. The summed E-state index contributed by atoms with van der Waals surface area (Å²) in [5, 5.41) is 8.40. The molecule has 1 amide bonds. The van der Waals surface area contributed by atoms with Gasteiger partial charge >= 0.3 is 0 Å². The highest BCUT2D eigenvalue weighted by Crippen LogP contribution is 2.25. The molecule has 122 valence electrons. The second-order valence-corrected chi connectivity index (χ2v) is 7.07. The van der Waals surface area contributed by atoms with Crippen LogP contribution >= 0.6 is 11.8 Å². The molecule has 2 aromatic heterocycles. The van der Waals surface area contributed by atoms with E-state index in [0.29, 0.717) is 28.7 Å². The van der Waals surface area contributed by atoms with E-state index in [4.69, 9.17) is 4.42 Å². The van der Waals surface area contributed by atoms with E-state index in [1.165, 1.54) is 18.2 Å². The lowest BCUT2D eigenvalue weighted by Gasteiger charge is -2.34. The Balaban J connectivity index is 1.56. The molecule has 0 radical (unpaired) electrons. The van der Waals surface area contributed by atoms with Crippen molar-refractivity contribution in [2.24, 2.45) is 11.8 Å². The van der Waals surface area contributed by atoms with Crippen LogP contribution in [0.3, 0.4) is 0 Å². The molecule has 1 aliphatic heterocycles. The minimum absolute atomic E-state index is 0.134. The summed E-state index contributed by atoms with van der Waals surface area (Å²) in [5.74, 6) is 2.01. The van der Waals surface area contributed by atoms with Gasteiger partial charge in [0.05, 0.1) is 11.3 Å². The normalized spacial score (nSPS) is 21.4. The topological polar surface area (TPSA) is 72.1 Å². The lowest BCUT2D eigenvalue weighted by molar-refractivity contribution is -0.130. The Morgan fingerprint density at radius 2 is 2.13 bits per heavy atom. The van der Waals surface area contributed by atoms with Gasteiger partial charge in [0.1, 0.15) is 0 Å². The van der Waals surface area contributed by atoms with Gasteiger partial charge < -0.3 is 9.32 Å². The second-order valence-electron chi connectivity index (χ2n) is 6.15. The molecule has 2 atom stereocenters. The molecule has 7 heteroatoms. The van der Waals surface area contributed by atoms with E-state index in [0.717, 1.165) is 18.7 Å². The molecule has 1 fully saturated rings. The molecule has 0 unspecified atom stereocenters. The van der Waals surface area contributed by atoms with Crippen molar-refractivity contribution in [3.8, 4) is 11.5 Å². The third-order valence-electron chi connectivity index (χ3n) is 3.86. The zero-order valence-electron chi connectivity index (χ0n) is 13.3. The van der Waals surface area contributed by atoms with Crippen LogP contribution < -0.4 is 0 Å². The van der Waals surface area contributed by atoms with E-state index in [-0.39, 0.29) is 5.91 Å². The maximum absolute atomic E-state index is 12.3. The zero-order chi connectivity index (χ0) is 16.2. The lowest BCUT2D eigenvalue weighted by atomic mass is 9.92. The van der Waals surface area contributed by atoms with Crippen LogP contribution in [0.1, 0.15) is 20.3 Å². The molecule has 1 aliphatic rings. The number of rotatable bonds is 4. The molecular formula is C16H20N4O2S. The summed E-state index contributed by atoms with van der Waals surface area (Å²) in [4.78, 5) is 18.3. The van der Waals surface area contributed by atoms with Crippen molar-refractivity contribution in [2.75, 3.05) is 18.8 Å². The van der Waals surface area contributed by atoms with Crippen molar-refractivity contribution in [3.05, 3.63) is 24.5 Å². The molecule has 3 heterocycles. The molecule has 1 saturated heterocycles. The second kappa shape index (κ2) is 7.12. The Labute approximate surface area is 139 Å². The van der Waals surface area contributed by atoms with Gasteiger partial charge in [-0.1, -0.05) is 25.6 Å². The monoisotopic (exact) mass is 332 g/mol. The van der Waals surface area contributed by atoms with E-state index in [1.54, 1.807) is 12.4 Å². The largest absolute Gasteiger partial charge is 0.411 e. The molecule has 0 aliphatic carbocycles. The number of thioether (sulfide) groups is 1. The first-order valence-corrected chi connectivity index (χ1v) is 8.75. The highest BCUT2D eigenvalue weighted by atomic mass is 32.2. The van der Waals surface area contributed by atoms with E-state index < -0.39 is 0 Å². The molecule has 0 bridgehead atoms. The molecule has 0 spiro atoms. The van der Waals surface area contributed by atoms with E-state index >= 15 is 0 Å². The number of carbonyl (C=O) groups excluding carboxylic acids is 1. The third kappa shape index (κ3) is 4.10. The van der Waals surface area contributed by atoms with Crippen LogP contribution in [0.15, 0.2) is 34.2 Å². The first-order valence-electron chi connectivity index (χ1n) is 7.76. The van der Waals surface area contributed by atoms with Crippen molar-refractivity contribution in [3.63, 3.8) is 0 Å². The Hall–Kier alpha value is -1.89. The van der Waals surface area contributed by atoms with Crippen LogP contribution in [0.5, 0.6) is 0 Å². The third-order valence-corrected chi connectivity index (χ3v) is 4.66. The molecule has 0 aromatic carbocycles. The van der Waals surface area contributed by atoms with Crippen LogP contribution in [-0.2, 0) is 4.79 Å². The fourth-order valence-corrected chi connectivity index (χ4v) is 3.62. The summed E-state index contributed by atoms with van der Waals surface area (Å²) >= 11 is 1.29. The van der Waals surface area contributed by atoms with Gasteiger partial charge in [-0.15, -0.1) is 10.2 Å². The predicted octanol–water partition coefficient (Wildman–Crippen LogP) is 2.73. The summed E-state index contributed by atoms with van der Waals surface area (Å²) in [6, 6.07) is 3.67. The smallest absolute Gasteiger partial charge is 0.277 e. The van der Waals surface area contributed by atoms with Crippen molar-refractivity contribution in [2.45, 2.75) is 25.5 Å². The van der Waals surface area contributed by atoms with Gasteiger partial charge in [0.15, 0.2) is 0 Å². The zero-order valence-corrected chi connectivity index (χ0v) is 14.1. The van der Waals surface area contributed by atoms with E-state index in [2.05, 4.69) is 29.0 Å². The summed E-state index contributed by atoms with van der Waals surface area (Å²) in [5.41, 5.74) is 0.775. The highest BCUT2D eigenvalue weighted by Gasteiger charge is 2.25. The minimum Gasteiger partial charge on any atom is -0.411 e. The first kappa shape index (κ1) is 16.0. The summed E-state index contributed by atoms with van der Waals surface area (Å²) in [6.07, 6.45) is 4.55. The van der Waals surface area contributed by atoms with Gasteiger partial charge in [0.2, 0.25) is 11.8 Å². The van der Waals surface area contributed by atoms with Crippen molar-refractivity contribution < 1.29 is 9.21 Å². The number of likely N-dealkylation sites (tertiary alicyclic amines) is 1. The predicted molar refractivity (Wildman–Crippen MR) is 87.8 cm³/mol. The fourth-order valence-electron chi connectivity index (χ4n) is 2.96. The van der Waals surface area contributed by atoms with Crippen LogP contribution in [0.25, 0.3) is 11.5 Å².